The van der Waals surface area contributed by atoms with Crippen molar-refractivity contribution in [2.24, 2.45) is 0 Å². The lowest BCUT2D eigenvalue weighted by molar-refractivity contribution is -0.113. The van der Waals surface area contributed by atoms with Gasteiger partial charge >= 0.3 is 11.9 Å². The summed E-state index contributed by atoms with van der Waals surface area (Å²) >= 11 is 2.20. The molecule has 0 unspecified atom stereocenters. The topological polar surface area (TPSA) is 112 Å². The Morgan fingerprint density at radius 2 is 1.79 bits per heavy atom. The Hall–Kier alpha value is -3.44. The number of amides is 1. The second kappa shape index (κ2) is 9.43. The van der Waals surface area contributed by atoms with E-state index in [1.165, 1.54) is 26.0 Å². The minimum absolute atomic E-state index is 0.0210. The maximum absolute atomic E-state index is 12.8. The summed E-state index contributed by atoms with van der Waals surface area (Å²) in [6.45, 7) is 5.66. The number of thioether (sulfide) groups is 1. The summed E-state index contributed by atoms with van der Waals surface area (Å²) in [5, 5.41) is 13.2. The zero-order chi connectivity index (χ0) is 24.6. The number of nitrogens with zero attached hydrogens (tertiary/aromatic N) is 3. The summed E-state index contributed by atoms with van der Waals surface area (Å²) in [5.41, 5.74) is 4.40. The third-order valence-electron chi connectivity index (χ3n) is 5.38. The Morgan fingerprint density at radius 1 is 1.06 bits per heavy atom. The van der Waals surface area contributed by atoms with Gasteiger partial charge in [-0.15, -0.1) is 21.5 Å². The minimum atomic E-state index is -0.646. The Kier molecular flexibility index (Phi) is 6.58. The van der Waals surface area contributed by atoms with E-state index in [1.807, 2.05) is 42.5 Å². The molecular formula is C23H22N4O5S2. The second-order valence-corrected chi connectivity index (χ2v) is 9.52. The van der Waals surface area contributed by atoms with Crippen molar-refractivity contribution in [1.29, 1.82) is 0 Å². The molecule has 0 aliphatic rings. The zero-order valence-corrected chi connectivity index (χ0v) is 20.8. The van der Waals surface area contributed by atoms with E-state index >= 15 is 0 Å². The molecule has 34 heavy (non-hydrogen) atoms. The fourth-order valence-corrected chi connectivity index (χ4v) is 5.63. The standard InChI is InChI=1S/C23H22N4O5S2/c1-11-7-6-8-14-12(2)9-15-25-26-23(27(15)18(11)14)33-10-16(28)24-20-17(21(29)31-4)13(3)19(34-20)22(30)32-5/h6-9H,10H2,1-5H3,(H,24,28). The molecule has 0 spiro atoms. The molecule has 11 heteroatoms. The van der Waals surface area contributed by atoms with Gasteiger partial charge in [0.15, 0.2) is 10.8 Å². The molecule has 0 saturated carbocycles. The number of carbonyl (C=O) groups is 3. The van der Waals surface area contributed by atoms with Crippen molar-refractivity contribution in [3.63, 3.8) is 0 Å². The number of rotatable bonds is 6. The van der Waals surface area contributed by atoms with Gasteiger partial charge in [-0.1, -0.05) is 30.0 Å². The van der Waals surface area contributed by atoms with Crippen LogP contribution in [0.5, 0.6) is 0 Å². The molecule has 0 saturated heterocycles. The maximum Gasteiger partial charge on any atom is 0.348 e. The molecule has 0 aliphatic carbocycles. The molecule has 4 aromatic rings. The van der Waals surface area contributed by atoms with Gasteiger partial charge in [0.25, 0.3) is 0 Å². The van der Waals surface area contributed by atoms with Crippen molar-refractivity contribution in [2.75, 3.05) is 25.3 Å². The Balaban J connectivity index is 1.61. The quantitative estimate of drug-likeness (QED) is 0.311. The van der Waals surface area contributed by atoms with Gasteiger partial charge in [-0.05, 0) is 43.5 Å². The van der Waals surface area contributed by atoms with Crippen LogP contribution < -0.4 is 5.32 Å². The minimum Gasteiger partial charge on any atom is -0.465 e. The third-order valence-corrected chi connectivity index (χ3v) is 7.50. The lowest BCUT2D eigenvalue weighted by atomic mass is 10.1. The first-order chi connectivity index (χ1) is 16.3. The number of hydrogen-bond acceptors (Lipinski definition) is 9. The molecule has 1 N–H and O–H groups in total. The molecule has 0 aliphatic heterocycles. The van der Waals surface area contributed by atoms with Gasteiger partial charge in [0.1, 0.15) is 9.88 Å². The number of ether oxygens (including phenoxy) is 2. The molecule has 176 valence electrons. The molecule has 1 aromatic carbocycles. The van der Waals surface area contributed by atoms with E-state index in [2.05, 4.69) is 15.5 Å². The number of thiophene rings is 1. The van der Waals surface area contributed by atoms with E-state index in [9.17, 15) is 14.4 Å². The fourth-order valence-electron chi connectivity index (χ4n) is 3.75. The normalized spacial score (nSPS) is 11.1. The lowest BCUT2D eigenvalue weighted by Crippen LogP contribution is -2.16. The first-order valence-electron chi connectivity index (χ1n) is 10.2. The van der Waals surface area contributed by atoms with Crippen LogP contribution in [0.4, 0.5) is 5.00 Å². The van der Waals surface area contributed by atoms with Crippen molar-refractivity contribution in [3.05, 3.63) is 51.4 Å². The van der Waals surface area contributed by atoms with Gasteiger partial charge in [0, 0.05) is 5.39 Å². The number of hydrogen-bond donors (Lipinski definition) is 1. The number of aromatic nitrogens is 3. The molecular weight excluding hydrogens is 476 g/mol. The number of para-hydroxylation sites is 1. The van der Waals surface area contributed by atoms with Crippen LogP contribution >= 0.6 is 23.1 Å². The monoisotopic (exact) mass is 498 g/mol. The van der Waals surface area contributed by atoms with Gasteiger partial charge < -0.3 is 14.8 Å². The average Bonchev–Trinajstić information content (AvgIpc) is 3.37. The van der Waals surface area contributed by atoms with E-state index in [0.29, 0.717) is 16.4 Å². The highest BCUT2D eigenvalue weighted by molar-refractivity contribution is 7.99. The number of nitrogens with one attached hydrogen (secondary N) is 1. The number of pyridine rings is 1. The van der Waals surface area contributed by atoms with Crippen molar-refractivity contribution >= 4 is 62.5 Å². The van der Waals surface area contributed by atoms with Gasteiger partial charge in [-0.3, -0.25) is 9.20 Å². The summed E-state index contributed by atoms with van der Waals surface area (Å²) in [7, 11) is 2.49. The largest absolute Gasteiger partial charge is 0.465 e. The highest BCUT2D eigenvalue weighted by Gasteiger charge is 2.27. The van der Waals surface area contributed by atoms with Crippen LogP contribution in [0, 0.1) is 20.8 Å². The lowest BCUT2D eigenvalue weighted by Gasteiger charge is -2.10. The number of carbonyl (C=O) groups excluding carboxylic acids is 3. The molecule has 0 fully saturated rings. The smallest absolute Gasteiger partial charge is 0.348 e. The van der Waals surface area contributed by atoms with Crippen LogP contribution in [0.2, 0.25) is 0 Å². The Bertz CT molecular complexity index is 1460. The van der Waals surface area contributed by atoms with Crippen molar-refractivity contribution < 1.29 is 23.9 Å². The van der Waals surface area contributed by atoms with Crippen LogP contribution in [0.1, 0.15) is 36.7 Å². The van der Waals surface area contributed by atoms with Gasteiger partial charge in [-0.25, -0.2) is 9.59 Å². The van der Waals surface area contributed by atoms with Crippen molar-refractivity contribution in [1.82, 2.24) is 14.6 Å². The molecule has 9 nitrogen and oxygen atoms in total. The SMILES string of the molecule is COC(=O)c1sc(NC(=O)CSc2nnc3cc(C)c4cccc(C)c4n23)c(C(=O)OC)c1C. The first-order valence-corrected chi connectivity index (χ1v) is 12.0. The predicted octanol–water partition coefficient (Wildman–Crippen LogP) is 4.17. The Morgan fingerprint density at radius 3 is 2.50 bits per heavy atom. The van der Waals surface area contributed by atoms with Crippen LogP contribution in [-0.4, -0.2) is 52.4 Å². The second-order valence-electron chi connectivity index (χ2n) is 7.55. The van der Waals surface area contributed by atoms with E-state index in [1.54, 1.807) is 6.92 Å². The highest BCUT2D eigenvalue weighted by Crippen LogP contribution is 2.34. The van der Waals surface area contributed by atoms with E-state index in [4.69, 9.17) is 9.47 Å². The first kappa shape index (κ1) is 23.7. The zero-order valence-electron chi connectivity index (χ0n) is 19.2. The molecule has 0 radical (unpaired) electrons. The van der Waals surface area contributed by atoms with E-state index in [-0.39, 0.29) is 27.1 Å². The summed E-state index contributed by atoms with van der Waals surface area (Å²) < 4.78 is 11.6. The number of esters is 2. The van der Waals surface area contributed by atoms with Crippen LogP contribution in [-0.2, 0) is 14.3 Å². The Labute approximate surface area is 203 Å². The van der Waals surface area contributed by atoms with Crippen LogP contribution in [0.25, 0.3) is 16.6 Å². The van der Waals surface area contributed by atoms with Crippen molar-refractivity contribution in [2.45, 2.75) is 25.9 Å². The highest BCUT2D eigenvalue weighted by atomic mass is 32.2. The van der Waals surface area contributed by atoms with E-state index in [0.717, 1.165) is 33.4 Å². The van der Waals surface area contributed by atoms with Crippen molar-refractivity contribution in [3.8, 4) is 0 Å². The van der Waals surface area contributed by atoms with Gasteiger partial charge in [0.05, 0.1) is 31.1 Å². The van der Waals surface area contributed by atoms with Gasteiger partial charge in [0.2, 0.25) is 5.91 Å². The number of aryl methyl sites for hydroxylation is 2. The molecule has 3 aromatic heterocycles. The number of benzene rings is 1. The average molecular weight is 499 g/mol. The molecule has 1 amide bonds. The summed E-state index contributed by atoms with van der Waals surface area (Å²) in [5.74, 6) is -1.58. The van der Waals surface area contributed by atoms with Gasteiger partial charge in [-0.2, -0.15) is 0 Å². The molecule has 0 atom stereocenters. The molecule has 0 bridgehead atoms. The maximum atomic E-state index is 12.8. The summed E-state index contributed by atoms with van der Waals surface area (Å²) in [4.78, 5) is 37.4. The predicted molar refractivity (Wildman–Crippen MR) is 131 cm³/mol. The summed E-state index contributed by atoms with van der Waals surface area (Å²) in [6, 6.07) is 8.04. The number of methoxy groups -OCH3 is 2. The van der Waals surface area contributed by atoms with Crippen LogP contribution in [0.15, 0.2) is 29.4 Å². The fraction of sp³-hybridized carbons (Fsp3) is 0.261. The van der Waals surface area contributed by atoms with E-state index < -0.39 is 11.9 Å². The summed E-state index contributed by atoms with van der Waals surface area (Å²) in [6.07, 6.45) is 0. The third kappa shape index (κ3) is 4.12. The number of anilines is 1. The van der Waals surface area contributed by atoms with Crippen LogP contribution in [0.3, 0.4) is 0 Å². The number of fused-ring (bicyclic) bond motifs is 3. The molecule has 4 rings (SSSR count). The molecule has 3 heterocycles.